The van der Waals surface area contributed by atoms with Gasteiger partial charge in [0.1, 0.15) is 49.3 Å². The van der Waals surface area contributed by atoms with Crippen LogP contribution < -0.4 is 16.6 Å². The normalized spacial score (nSPS) is 32.4. The number of rotatable bonds is 16. The number of methoxy groups -OCH3 is 1. The first-order valence-corrected chi connectivity index (χ1v) is 16.2. The van der Waals surface area contributed by atoms with E-state index in [0.717, 1.165) is 12.3 Å². The zero-order valence-electron chi connectivity index (χ0n) is 23.9. The summed E-state index contributed by atoms with van der Waals surface area (Å²) in [4.78, 5) is 57.7. The summed E-state index contributed by atoms with van der Waals surface area (Å²) in [6, 6.07) is -0.954. The Labute approximate surface area is 258 Å². The van der Waals surface area contributed by atoms with Crippen LogP contribution in [0.5, 0.6) is 0 Å². The minimum atomic E-state index is -5.74. The molecule has 0 aliphatic carbocycles. The number of aromatic nitrogens is 2. The van der Waals surface area contributed by atoms with Crippen molar-refractivity contribution in [1.29, 1.82) is 0 Å². The highest BCUT2D eigenvalue weighted by Crippen LogP contribution is 2.61. The Hall–Kier alpha value is -2.15. The number of ether oxygens (including phenoxy) is 5. The number of hydrogen-bond acceptors (Lipinski definition) is 18. The molecule has 11 atom stereocenters. The van der Waals surface area contributed by atoms with Gasteiger partial charge in [-0.1, -0.05) is 0 Å². The molecule has 8 unspecified atom stereocenters. The van der Waals surface area contributed by atoms with Crippen molar-refractivity contribution < 1.29 is 86.3 Å². The number of alkyl carbamates (subject to hydrolysis) is 1. The van der Waals surface area contributed by atoms with Gasteiger partial charge in [0.2, 0.25) is 0 Å². The Morgan fingerprint density at radius 3 is 2.30 bits per heavy atom. The Morgan fingerprint density at radius 1 is 0.978 bits per heavy atom. The van der Waals surface area contributed by atoms with E-state index in [4.69, 9.17) is 28.2 Å². The second-order valence-corrected chi connectivity index (χ2v) is 12.6. The summed E-state index contributed by atoms with van der Waals surface area (Å²) in [5.74, 6) is 0. The number of aromatic amines is 1. The maximum atomic E-state index is 12.7. The summed E-state index contributed by atoms with van der Waals surface area (Å²) in [7, 11) is -9.88. The average Bonchev–Trinajstić information content (AvgIpc) is 3.25. The van der Waals surface area contributed by atoms with Crippen molar-refractivity contribution in [2.24, 2.45) is 0 Å². The van der Waals surface area contributed by atoms with Crippen LogP contribution in [0, 0.1) is 0 Å². The summed E-state index contributed by atoms with van der Waals surface area (Å²) in [6.45, 7) is -1.90. The number of carbonyl (C=O) groups excluding carboxylic acids is 1. The fourth-order valence-electron chi connectivity index (χ4n) is 4.14. The van der Waals surface area contributed by atoms with E-state index in [-0.39, 0.29) is 26.4 Å². The first kappa shape index (κ1) is 38.3. The summed E-state index contributed by atoms with van der Waals surface area (Å²) in [5.41, 5.74) is -1.78. The number of aliphatic hydroxyl groups excluding tert-OH is 5. The van der Waals surface area contributed by atoms with Crippen LogP contribution >= 0.6 is 15.6 Å². The molecule has 1 aromatic rings. The second-order valence-electron chi connectivity index (χ2n) is 9.60. The largest absolute Gasteiger partial charge is 0.483 e. The van der Waals surface area contributed by atoms with Crippen molar-refractivity contribution in [3.05, 3.63) is 33.1 Å². The van der Waals surface area contributed by atoms with Crippen LogP contribution in [-0.4, -0.2) is 147 Å². The predicted molar refractivity (Wildman–Crippen MR) is 144 cm³/mol. The van der Waals surface area contributed by atoms with Crippen LogP contribution in [0.2, 0.25) is 0 Å². The minimum Gasteiger partial charge on any atom is -0.447 e. The highest BCUT2D eigenvalue weighted by molar-refractivity contribution is 7.61. The molecular formula is C21H35N3O20P2. The maximum absolute atomic E-state index is 12.7. The molecule has 0 spiro atoms. The van der Waals surface area contributed by atoms with E-state index in [0.29, 0.717) is 4.57 Å². The lowest BCUT2D eigenvalue weighted by atomic mass is 9.97. The van der Waals surface area contributed by atoms with Gasteiger partial charge >= 0.3 is 27.4 Å². The molecule has 0 bridgehead atoms. The van der Waals surface area contributed by atoms with E-state index in [1.165, 1.54) is 7.11 Å². The number of aliphatic hydroxyl groups is 5. The lowest BCUT2D eigenvalue weighted by molar-refractivity contribution is -0.247. The topological polar surface area (TPSA) is 334 Å². The summed E-state index contributed by atoms with van der Waals surface area (Å²) >= 11 is 0. The number of amides is 1. The van der Waals surface area contributed by atoms with Crippen LogP contribution in [0.1, 0.15) is 6.23 Å². The van der Waals surface area contributed by atoms with E-state index in [9.17, 15) is 58.8 Å². The fourth-order valence-corrected chi connectivity index (χ4v) is 6.30. The molecule has 0 radical (unpaired) electrons. The van der Waals surface area contributed by atoms with Crippen LogP contribution in [0.3, 0.4) is 0 Å². The monoisotopic (exact) mass is 711 g/mol. The average molecular weight is 711 g/mol. The highest BCUT2D eigenvalue weighted by atomic mass is 31.3. The molecular weight excluding hydrogens is 676 g/mol. The molecule has 9 N–H and O–H groups in total. The number of nitrogens with one attached hydrogen (secondary N) is 2. The van der Waals surface area contributed by atoms with Crippen molar-refractivity contribution in [3.8, 4) is 0 Å². The first-order valence-electron chi connectivity index (χ1n) is 13.2. The van der Waals surface area contributed by atoms with Crippen LogP contribution in [0.15, 0.2) is 21.9 Å². The van der Waals surface area contributed by atoms with Crippen molar-refractivity contribution in [1.82, 2.24) is 14.9 Å². The summed E-state index contributed by atoms with van der Waals surface area (Å²) < 4.78 is 64.6. The molecule has 1 aromatic heterocycles. The van der Waals surface area contributed by atoms with E-state index in [2.05, 4.69) is 8.83 Å². The highest BCUT2D eigenvalue weighted by Gasteiger charge is 2.50. The van der Waals surface area contributed by atoms with Gasteiger partial charge in [0, 0.05) is 19.4 Å². The SMILES string of the molecule is COCCOCCOC(=O)N[C@H]1C(O)[C@@H](O)C(CO)O[C@@H]1OP(=O)(O)OP(=O)(O)OCC1OC(n2ccc(=O)[nH]c2=O)C(O)C1O. The third kappa shape index (κ3) is 10.4. The number of carbonyl (C=O) groups is 1. The third-order valence-corrected chi connectivity index (χ3v) is 8.97. The fraction of sp³-hybridized carbons (Fsp3) is 0.762. The lowest BCUT2D eigenvalue weighted by Crippen LogP contribution is -2.64. The molecule has 2 aliphatic heterocycles. The van der Waals surface area contributed by atoms with Gasteiger partial charge in [-0.15, -0.1) is 0 Å². The van der Waals surface area contributed by atoms with E-state index >= 15 is 0 Å². The number of H-pyrrole nitrogens is 1. The third-order valence-electron chi connectivity index (χ3n) is 6.37. The molecule has 0 saturated carbocycles. The standard InChI is InChI=1S/C21H35N3O20P2/c1-37-4-5-38-6-7-39-21(32)23-13-16(29)14(27)10(8-25)42-19(13)43-46(35,36)44-45(33,34)40-9-11-15(28)17(30)18(41-11)24-3-2-12(26)22-20(24)31/h2-3,10-11,13-19,25,27-30H,4-9H2,1H3,(H,23,32)(H,33,34)(H,35,36)(H,22,26,31)/t10?,11?,13-,14-,15?,16?,17?,18?,19+/m0/s1. The lowest BCUT2D eigenvalue weighted by Gasteiger charge is -2.41. The predicted octanol–water partition coefficient (Wildman–Crippen LogP) is -4.40. The van der Waals surface area contributed by atoms with Gasteiger partial charge in [-0.3, -0.25) is 23.4 Å². The molecule has 46 heavy (non-hydrogen) atoms. The van der Waals surface area contributed by atoms with Crippen molar-refractivity contribution in [3.63, 3.8) is 0 Å². The van der Waals surface area contributed by atoms with E-state index in [1.807, 2.05) is 10.3 Å². The van der Waals surface area contributed by atoms with Crippen LogP contribution in [0.25, 0.3) is 0 Å². The van der Waals surface area contributed by atoms with Gasteiger partial charge in [0.15, 0.2) is 12.5 Å². The molecule has 2 fully saturated rings. The van der Waals surface area contributed by atoms with Gasteiger partial charge in [-0.25, -0.2) is 18.7 Å². The van der Waals surface area contributed by atoms with Gasteiger partial charge in [0.05, 0.1) is 33.0 Å². The molecule has 1 amide bonds. The molecule has 2 aliphatic rings. The second kappa shape index (κ2) is 16.8. The smallest absolute Gasteiger partial charge is 0.447 e. The molecule has 264 valence electrons. The Bertz CT molecular complexity index is 1360. The number of phosphoric ester groups is 2. The first-order chi connectivity index (χ1) is 21.6. The van der Waals surface area contributed by atoms with Crippen molar-refractivity contribution >= 4 is 21.7 Å². The zero-order valence-corrected chi connectivity index (χ0v) is 25.7. The number of hydrogen-bond donors (Lipinski definition) is 9. The molecule has 2 saturated heterocycles. The Kier molecular flexibility index (Phi) is 14.0. The van der Waals surface area contributed by atoms with Crippen molar-refractivity contribution in [2.75, 3.05) is 46.8 Å². The molecule has 25 heteroatoms. The van der Waals surface area contributed by atoms with Crippen LogP contribution in [-0.2, 0) is 46.2 Å². The Balaban J connectivity index is 1.62. The molecule has 3 heterocycles. The van der Waals surface area contributed by atoms with Crippen LogP contribution in [0.4, 0.5) is 4.79 Å². The quantitative estimate of drug-likeness (QED) is 0.0577. The maximum Gasteiger partial charge on any atom is 0.483 e. The summed E-state index contributed by atoms with van der Waals surface area (Å²) in [5, 5.41) is 52.7. The minimum absolute atomic E-state index is 0.0602. The molecule has 0 aromatic carbocycles. The molecule has 3 rings (SSSR count). The Morgan fingerprint density at radius 2 is 1.65 bits per heavy atom. The van der Waals surface area contributed by atoms with E-state index in [1.54, 1.807) is 0 Å². The van der Waals surface area contributed by atoms with Crippen molar-refractivity contribution in [2.45, 2.75) is 55.2 Å². The number of nitrogens with zero attached hydrogens (tertiary/aromatic N) is 1. The van der Waals surface area contributed by atoms with E-state index < -0.39 is 101 Å². The van der Waals surface area contributed by atoms with Gasteiger partial charge in [0.25, 0.3) is 5.56 Å². The molecule has 23 nitrogen and oxygen atoms in total. The number of phosphoric acid groups is 2. The zero-order chi connectivity index (χ0) is 34.2. The van der Waals surface area contributed by atoms with Gasteiger partial charge in [-0.05, 0) is 0 Å². The van der Waals surface area contributed by atoms with Gasteiger partial charge in [-0.2, -0.15) is 4.31 Å². The van der Waals surface area contributed by atoms with Gasteiger partial charge < -0.3 is 64.3 Å². The summed E-state index contributed by atoms with van der Waals surface area (Å²) in [6.07, 6.45) is -14.8.